The predicted octanol–water partition coefficient (Wildman–Crippen LogP) is 2.71. The van der Waals surface area contributed by atoms with E-state index < -0.39 is 0 Å². The minimum absolute atomic E-state index is 0.0924. The summed E-state index contributed by atoms with van der Waals surface area (Å²) in [7, 11) is 2.30. The normalized spacial score (nSPS) is 31.7. The number of hydrogen-bond donors (Lipinski definition) is 2. The maximum Gasteiger partial charge on any atom is 0.270 e. The van der Waals surface area contributed by atoms with E-state index in [9.17, 15) is 4.79 Å². The highest BCUT2D eigenvalue weighted by molar-refractivity contribution is 6.35. The molecule has 0 radical (unpaired) electrons. The predicted molar refractivity (Wildman–Crippen MR) is 114 cm³/mol. The number of halogens is 1. The van der Waals surface area contributed by atoms with Crippen LogP contribution in [-0.4, -0.2) is 76.5 Å². The molecule has 6 nitrogen and oxygen atoms in total. The lowest BCUT2D eigenvalue weighted by Gasteiger charge is -2.37. The van der Waals surface area contributed by atoms with Crippen molar-refractivity contribution >= 4 is 28.4 Å². The third kappa shape index (κ3) is 2.84. The molecule has 154 valence electrons. The molecule has 2 aromatic rings. The number of rotatable bonds is 1. The maximum atomic E-state index is 13.3. The fourth-order valence-electron chi connectivity index (χ4n) is 5.89. The molecule has 29 heavy (non-hydrogen) atoms. The van der Waals surface area contributed by atoms with Gasteiger partial charge >= 0.3 is 0 Å². The molecule has 1 spiro atoms. The molecule has 1 aromatic carbocycles. The van der Waals surface area contributed by atoms with Gasteiger partial charge in [-0.3, -0.25) is 15.1 Å². The van der Waals surface area contributed by atoms with E-state index in [4.69, 9.17) is 11.6 Å². The van der Waals surface area contributed by atoms with Gasteiger partial charge < -0.3 is 9.88 Å². The van der Waals surface area contributed by atoms with Gasteiger partial charge in [-0.05, 0) is 50.9 Å². The van der Waals surface area contributed by atoms with E-state index in [1.165, 1.54) is 19.3 Å². The van der Waals surface area contributed by atoms with Crippen molar-refractivity contribution in [1.29, 1.82) is 0 Å². The van der Waals surface area contributed by atoms with Crippen LogP contribution in [0.4, 0.5) is 0 Å². The Morgan fingerprint density at radius 3 is 2.86 bits per heavy atom. The van der Waals surface area contributed by atoms with Gasteiger partial charge in [0.15, 0.2) is 0 Å². The summed E-state index contributed by atoms with van der Waals surface area (Å²) in [4.78, 5) is 21.2. The third-order valence-electron chi connectivity index (χ3n) is 7.93. The van der Waals surface area contributed by atoms with Gasteiger partial charge in [-0.1, -0.05) is 17.7 Å². The van der Waals surface area contributed by atoms with Gasteiger partial charge in [-0.2, -0.15) is 0 Å². The van der Waals surface area contributed by atoms with Gasteiger partial charge in [0.25, 0.3) is 5.91 Å². The highest BCUT2D eigenvalue weighted by atomic mass is 35.5. The molecule has 7 heteroatoms. The Balaban J connectivity index is 1.23. The van der Waals surface area contributed by atoms with Gasteiger partial charge in [0.05, 0.1) is 0 Å². The van der Waals surface area contributed by atoms with E-state index in [2.05, 4.69) is 27.4 Å². The summed E-state index contributed by atoms with van der Waals surface area (Å²) >= 11 is 6.30. The molecule has 3 saturated heterocycles. The van der Waals surface area contributed by atoms with Crippen LogP contribution in [0.15, 0.2) is 24.3 Å². The number of carbonyl (C=O) groups excluding carboxylic acids is 1. The molecular weight excluding hydrogens is 386 g/mol. The molecule has 3 atom stereocenters. The highest BCUT2D eigenvalue weighted by Crippen LogP contribution is 2.47. The van der Waals surface area contributed by atoms with Crippen LogP contribution in [0.3, 0.4) is 0 Å². The van der Waals surface area contributed by atoms with E-state index >= 15 is 0 Å². The Kier molecular flexibility index (Phi) is 4.04. The Hall–Kier alpha value is -1.60. The monoisotopic (exact) mass is 413 g/mol. The number of aromatic nitrogens is 1. The average molecular weight is 414 g/mol. The number of benzene rings is 1. The molecule has 4 fully saturated rings. The number of amides is 1. The minimum atomic E-state index is 0.0924. The Morgan fingerprint density at radius 2 is 2.07 bits per heavy atom. The number of piperidine rings is 1. The Labute approximate surface area is 176 Å². The molecule has 4 heterocycles. The first-order valence-corrected chi connectivity index (χ1v) is 11.2. The van der Waals surface area contributed by atoms with E-state index in [-0.39, 0.29) is 5.91 Å². The number of hydrogen-bond acceptors (Lipinski definition) is 4. The van der Waals surface area contributed by atoms with Crippen LogP contribution in [0.1, 0.15) is 36.2 Å². The summed E-state index contributed by atoms with van der Waals surface area (Å²) in [6.07, 6.45) is 4.95. The molecule has 6 rings (SSSR count). The number of likely N-dealkylation sites (tertiary alicyclic amines) is 1. The van der Waals surface area contributed by atoms with Crippen LogP contribution in [0.5, 0.6) is 0 Å². The molecule has 1 aromatic heterocycles. The second kappa shape index (κ2) is 6.45. The Bertz CT molecular complexity index is 969. The smallest absolute Gasteiger partial charge is 0.270 e. The van der Waals surface area contributed by atoms with Crippen molar-refractivity contribution < 1.29 is 4.79 Å². The summed E-state index contributed by atoms with van der Waals surface area (Å²) in [5, 5.41) is 4.10. The molecular formula is C22H28ClN5O. The molecule has 4 aliphatic rings. The van der Waals surface area contributed by atoms with Gasteiger partial charge in [0.1, 0.15) is 5.69 Å². The third-order valence-corrected chi connectivity index (χ3v) is 8.26. The highest BCUT2D eigenvalue weighted by Gasteiger charge is 2.53. The number of aromatic amines is 1. The summed E-state index contributed by atoms with van der Waals surface area (Å²) in [6, 6.07) is 8.63. The fourth-order valence-corrected chi connectivity index (χ4v) is 6.12. The number of nitrogens with one attached hydrogen (secondary N) is 2. The zero-order valence-corrected chi connectivity index (χ0v) is 17.6. The van der Waals surface area contributed by atoms with Gasteiger partial charge in [0.2, 0.25) is 0 Å². The second-order valence-electron chi connectivity index (χ2n) is 9.44. The largest absolute Gasteiger partial charge is 0.350 e. The summed E-state index contributed by atoms with van der Waals surface area (Å²) < 4.78 is 0. The van der Waals surface area contributed by atoms with Crippen molar-refractivity contribution in [2.24, 2.45) is 5.92 Å². The summed E-state index contributed by atoms with van der Waals surface area (Å²) in [5.41, 5.74) is 5.81. The van der Waals surface area contributed by atoms with Crippen molar-refractivity contribution in [2.75, 3.05) is 33.2 Å². The first-order chi connectivity index (χ1) is 14.0. The van der Waals surface area contributed by atoms with Crippen LogP contribution in [0.2, 0.25) is 5.02 Å². The lowest BCUT2D eigenvalue weighted by molar-refractivity contribution is 0.0630. The van der Waals surface area contributed by atoms with E-state index in [0.29, 0.717) is 34.3 Å². The van der Waals surface area contributed by atoms with Crippen molar-refractivity contribution in [1.82, 2.24) is 25.2 Å². The number of likely N-dealkylation sites (N-methyl/N-ethyl adjacent to an activating group) is 1. The Morgan fingerprint density at radius 1 is 1.21 bits per heavy atom. The standard InChI is InChI=1S/C22H28ClN5O/c1-26-13-20-15-12-27(9-5-18(15)25-28(20)10-8-22(26)6-7-22)21(29)19-11-14-16(23)3-2-4-17(14)24-19/h2-4,11,15,18,20,24-25H,5-10,12-13H2,1H3. The van der Waals surface area contributed by atoms with Crippen molar-refractivity contribution in [3.05, 3.63) is 35.0 Å². The van der Waals surface area contributed by atoms with Crippen molar-refractivity contribution in [2.45, 2.75) is 43.3 Å². The van der Waals surface area contributed by atoms with Crippen LogP contribution in [0, 0.1) is 5.92 Å². The molecule has 1 saturated carbocycles. The average Bonchev–Trinajstić information content (AvgIpc) is 3.30. The zero-order chi connectivity index (χ0) is 19.8. The lowest BCUT2D eigenvalue weighted by atomic mass is 9.87. The van der Waals surface area contributed by atoms with Gasteiger partial charge in [-0.15, -0.1) is 0 Å². The van der Waals surface area contributed by atoms with Crippen molar-refractivity contribution in [3.63, 3.8) is 0 Å². The summed E-state index contributed by atoms with van der Waals surface area (Å²) in [6.45, 7) is 3.84. The second-order valence-corrected chi connectivity index (χ2v) is 9.85. The minimum Gasteiger partial charge on any atom is -0.350 e. The number of hydrazine groups is 1. The number of nitrogens with zero attached hydrogens (tertiary/aromatic N) is 3. The zero-order valence-electron chi connectivity index (χ0n) is 16.8. The summed E-state index contributed by atoms with van der Waals surface area (Å²) in [5.74, 6) is 0.576. The topological polar surface area (TPSA) is 54.6 Å². The molecule has 2 N–H and O–H groups in total. The van der Waals surface area contributed by atoms with Crippen LogP contribution in [-0.2, 0) is 0 Å². The van der Waals surface area contributed by atoms with Gasteiger partial charge in [-0.25, -0.2) is 5.01 Å². The molecule has 1 amide bonds. The van der Waals surface area contributed by atoms with Gasteiger partial charge in [0, 0.05) is 65.6 Å². The molecule has 3 unspecified atom stereocenters. The number of H-pyrrole nitrogens is 1. The fraction of sp³-hybridized carbons (Fsp3) is 0.591. The van der Waals surface area contributed by atoms with Crippen LogP contribution >= 0.6 is 11.6 Å². The van der Waals surface area contributed by atoms with E-state index in [0.717, 1.165) is 43.5 Å². The SMILES string of the molecule is CN1CC2C3CN(C(=O)c4cc5c(Cl)cccc5[nH]4)CCC3NN2CCC12CC2. The maximum absolute atomic E-state index is 13.3. The first-order valence-electron chi connectivity index (χ1n) is 10.8. The number of fused-ring (bicyclic) bond motifs is 4. The van der Waals surface area contributed by atoms with E-state index in [1.54, 1.807) is 0 Å². The first kappa shape index (κ1) is 18.2. The van der Waals surface area contributed by atoms with E-state index in [1.807, 2.05) is 29.2 Å². The quantitative estimate of drug-likeness (QED) is 0.754. The molecule has 0 bridgehead atoms. The molecule has 3 aliphatic heterocycles. The molecule has 1 aliphatic carbocycles. The van der Waals surface area contributed by atoms with Crippen LogP contribution in [0.25, 0.3) is 10.9 Å². The number of carbonyl (C=O) groups is 1. The van der Waals surface area contributed by atoms with Crippen LogP contribution < -0.4 is 5.43 Å². The van der Waals surface area contributed by atoms with Crippen molar-refractivity contribution in [3.8, 4) is 0 Å². The lowest BCUT2D eigenvalue weighted by Crippen LogP contribution is -2.50.